The Morgan fingerprint density at radius 2 is 1.61 bits per heavy atom. The summed E-state index contributed by atoms with van der Waals surface area (Å²) in [5.41, 5.74) is 2.54. The molecule has 2 amide bonds. The fraction of sp³-hybridized carbons (Fsp3) is 0.364. The Hall–Kier alpha value is -2.73. The van der Waals surface area contributed by atoms with Gasteiger partial charge in [0.05, 0.1) is 0 Å². The van der Waals surface area contributed by atoms with E-state index in [1.165, 1.54) is 17.7 Å². The molecule has 0 atom stereocenters. The smallest absolute Gasteiger partial charge is 0.253 e. The number of carbonyl (C=O) groups excluding carboxylic acids is 2. The van der Waals surface area contributed by atoms with Crippen LogP contribution in [0.4, 0.5) is 10.1 Å². The molecule has 0 unspecified atom stereocenters. The van der Waals surface area contributed by atoms with Crippen LogP contribution in [-0.2, 0) is 11.2 Å². The summed E-state index contributed by atoms with van der Waals surface area (Å²) >= 11 is 0. The minimum atomic E-state index is -0.327. The van der Waals surface area contributed by atoms with Crippen LogP contribution in [0.2, 0.25) is 0 Å². The highest BCUT2D eigenvalue weighted by molar-refractivity contribution is 5.94. The molecule has 148 valence electrons. The summed E-state index contributed by atoms with van der Waals surface area (Å²) in [6, 6.07) is 13.5. The van der Waals surface area contributed by atoms with Gasteiger partial charge in [0, 0.05) is 50.4 Å². The fourth-order valence-electron chi connectivity index (χ4n) is 3.26. The first-order valence-electron chi connectivity index (χ1n) is 9.71. The highest BCUT2D eigenvalue weighted by Gasteiger charge is 2.22. The van der Waals surface area contributed by atoms with Crippen LogP contribution < -0.4 is 5.32 Å². The third kappa shape index (κ3) is 5.39. The van der Waals surface area contributed by atoms with Crippen molar-refractivity contribution in [2.45, 2.75) is 19.8 Å². The predicted octanol–water partition coefficient (Wildman–Crippen LogP) is 3.17. The van der Waals surface area contributed by atoms with Crippen molar-refractivity contribution < 1.29 is 14.0 Å². The van der Waals surface area contributed by atoms with E-state index in [4.69, 9.17) is 0 Å². The molecule has 3 rings (SSSR count). The summed E-state index contributed by atoms with van der Waals surface area (Å²) in [6.45, 7) is 5.56. The van der Waals surface area contributed by atoms with E-state index in [0.29, 0.717) is 31.7 Å². The average molecular weight is 383 g/mol. The van der Waals surface area contributed by atoms with Crippen LogP contribution in [0.5, 0.6) is 0 Å². The van der Waals surface area contributed by atoms with Crippen molar-refractivity contribution in [1.29, 1.82) is 0 Å². The molecule has 2 aromatic rings. The van der Waals surface area contributed by atoms with Gasteiger partial charge in [-0.3, -0.25) is 14.5 Å². The first-order chi connectivity index (χ1) is 13.5. The summed E-state index contributed by atoms with van der Waals surface area (Å²) in [5.74, 6) is -0.357. The second-order valence-electron chi connectivity index (χ2n) is 6.99. The number of anilines is 1. The van der Waals surface area contributed by atoms with Gasteiger partial charge in [0.2, 0.25) is 5.91 Å². The van der Waals surface area contributed by atoms with Crippen molar-refractivity contribution >= 4 is 17.5 Å². The van der Waals surface area contributed by atoms with E-state index in [1.54, 1.807) is 12.1 Å². The van der Waals surface area contributed by atoms with Crippen molar-refractivity contribution in [3.8, 4) is 0 Å². The molecule has 5 nitrogen and oxygen atoms in total. The Labute approximate surface area is 165 Å². The van der Waals surface area contributed by atoms with E-state index in [-0.39, 0.29) is 17.6 Å². The first kappa shape index (κ1) is 20.0. The Bertz CT molecular complexity index is 798. The molecular weight excluding hydrogens is 357 g/mol. The van der Waals surface area contributed by atoms with E-state index in [9.17, 15) is 14.0 Å². The van der Waals surface area contributed by atoms with E-state index in [1.807, 2.05) is 29.2 Å². The van der Waals surface area contributed by atoms with Crippen LogP contribution in [-0.4, -0.2) is 54.3 Å². The van der Waals surface area contributed by atoms with E-state index < -0.39 is 0 Å². The third-order valence-corrected chi connectivity index (χ3v) is 5.05. The second kappa shape index (κ2) is 9.46. The number of nitrogens with one attached hydrogen (secondary N) is 1. The lowest BCUT2D eigenvalue weighted by Crippen LogP contribution is -2.49. The summed E-state index contributed by atoms with van der Waals surface area (Å²) < 4.78 is 12.9. The average Bonchev–Trinajstić information content (AvgIpc) is 2.74. The van der Waals surface area contributed by atoms with Crippen LogP contribution in [0, 0.1) is 5.82 Å². The number of carbonyl (C=O) groups is 2. The normalized spacial score (nSPS) is 14.7. The van der Waals surface area contributed by atoms with Crippen molar-refractivity contribution in [2.24, 2.45) is 0 Å². The maximum Gasteiger partial charge on any atom is 0.253 e. The van der Waals surface area contributed by atoms with E-state index in [2.05, 4.69) is 17.1 Å². The van der Waals surface area contributed by atoms with Gasteiger partial charge in [-0.1, -0.05) is 19.1 Å². The zero-order valence-electron chi connectivity index (χ0n) is 16.2. The molecule has 0 saturated carbocycles. The molecule has 6 heteroatoms. The van der Waals surface area contributed by atoms with Crippen molar-refractivity contribution in [2.75, 3.05) is 38.0 Å². The highest BCUT2D eigenvalue weighted by atomic mass is 19.1. The van der Waals surface area contributed by atoms with E-state index in [0.717, 1.165) is 25.1 Å². The Morgan fingerprint density at radius 3 is 2.21 bits per heavy atom. The summed E-state index contributed by atoms with van der Waals surface area (Å²) in [6.07, 6.45) is 1.33. The molecule has 1 aliphatic rings. The van der Waals surface area contributed by atoms with Gasteiger partial charge in [-0.15, -0.1) is 0 Å². The molecule has 2 aromatic carbocycles. The van der Waals surface area contributed by atoms with Crippen LogP contribution in [0.25, 0.3) is 0 Å². The number of amides is 2. The molecule has 1 N–H and O–H groups in total. The zero-order chi connectivity index (χ0) is 19.9. The Balaban J connectivity index is 1.41. The lowest BCUT2D eigenvalue weighted by atomic mass is 10.1. The summed E-state index contributed by atoms with van der Waals surface area (Å²) in [5, 5.41) is 2.77. The van der Waals surface area contributed by atoms with Gasteiger partial charge in [-0.05, 0) is 48.4 Å². The number of piperazine rings is 1. The van der Waals surface area contributed by atoms with Gasteiger partial charge in [-0.25, -0.2) is 4.39 Å². The summed E-state index contributed by atoms with van der Waals surface area (Å²) in [7, 11) is 0. The quantitative estimate of drug-likeness (QED) is 0.834. The molecule has 0 radical (unpaired) electrons. The Morgan fingerprint density at radius 1 is 0.964 bits per heavy atom. The molecule has 1 heterocycles. The van der Waals surface area contributed by atoms with Crippen molar-refractivity contribution in [1.82, 2.24) is 9.80 Å². The lowest BCUT2D eigenvalue weighted by molar-refractivity contribution is -0.116. The number of nitrogens with zero attached hydrogens (tertiary/aromatic N) is 2. The van der Waals surface area contributed by atoms with Gasteiger partial charge < -0.3 is 10.2 Å². The molecule has 28 heavy (non-hydrogen) atoms. The lowest BCUT2D eigenvalue weighted by Gasteiger charge is -2.34. The predicted molar refractivity (Wildman–Crippen MR) is 108 cm³/mol. The number of benzene rings is 2. The largest absolute Gasteiger partial charge is 0.336 e. The van der Waals surface area contributed by atoms with Crippen molar-refractivity contribution in [3.63, 3.8) is 0 Å². The molecule has 0 aliphatic carbocycles. The SMILES string of the molecule is CCc1ccc(C(=O)N2CCN(CCC(=O)Nc3ccc(F)cc3)CC2)cc1. The summed E-state index contributed by atoms with van der Waals surface area (Å²) in [4.78, 5) is 28.7. The second-order valence-corrected chi connectivity index (χ2v) is 6.99. The van der Waals surface area contributed by atoms with Crippen LogP contribution >= 0.6 is 0 Å². The standard InChI is InChI=1S/C22H26FN3O2/c1-2-17-3-5-18(6-4-17)22(28)26-15-13-25(14-16-26)12-11-21(27)24-20-9-7-19(23)8-10-20/h3-10H,2,11-16H2,1H3,(H,24,27). The van der Waals surface area contributed by atoms with Gasteiger partial charge in [-0.2, -0.15) is 0 Å². The van der Waals surface area contributed by atoms with E-state index >= 15 is 0 Å². The molecular formula is C22H26FN3O2. The molecule has 1 fully saturated rings. The number of aryl methyl sites for hydroxylation is 1. The van der Waals surface area contributed by atoms with Gasteiger partial charge in [0.25, 0.3) is 5.91 Å². The molecule has 1 saturated heterocycles. The van der Waals surface area contributed by atoms with Crippen LogP contribution in [0.3, 0.4) is 0 Å². The monoisotopic (exact) mass is 383 g/mol. The molecule has 1 aliphatic heterocycles. The maximum absolute atomic E-state index is 12.9. The highest BCUT2D eigenvalue weighted by Crippen LogP contribution is 2.12. The fourth-order valence-corrected chi connectivity index (χ4v) is 3.26. The molecule has 0 spiro atoms. The maximum atomic E-state index is 12.9. The van der Waals surface area contributed by atoms with Crippen LogP contribution in [0.1, 0.15) is 29.3 Å². The van der Waals surface area contributed by atoms with Gasteiger partial charge in [0.15, 0.2) is 0 Å². The molecule has 0 aromatic heterocycles. The molecule has 0 bridgehead atoms. The minimum Gasteiger partial charge on any atom is -0.336 e. The number of hydrogen-bond acceptors (Lipinski definition) is 3. The first-order valence-corrected chi connectivity index (χ1v) is 9.71. The number of rotatable bonds is 6. The van der Waals surface area contributed by atoms with Gasteiger partial charge >= 0.3 is 0 Å². The van der Waals surface area contributed by atoms with Crippen molar-refractivity contribution in [3.05, 3.63) is 65.5 Å². The third-order valence-electron chi connectivity index (χ3n) is 5.05. The number of halogens is 1. The van der Waals surface area contributed by atoms with Crippen LogP contribution in [0.15, 0.2) is 48.5 Å². The van der Waals surface area contributed by atoms with Gasteiger partial charge in [0.1, 0.15) is 5.82 Å². The Kier molecular flexibility index (Phi) is 6.76. The minimum absolute atomic E-state index is 0.0661. The topological polar surface area (TPSA) is 52.7 Å². The zero-order valence-corrected chi connectivity index (χ0v) is 16.2. The number of hydrogen-bond donors (Lipinski definition) is 1.